The molecule has 0 bridgehead atoms. The van der Waals surface area contributed by atoms with Crippen LogP contribution in [0.25, 0.3) is 6.08 Å². The van der Waals surface area contributed by atoms with E-state index in [-0.39, 0.29) is 4.58 Å². The second-order valence-corrected chi connectivity index (χ2v) is 6.67. The fourth-order valence-electron chi connectivity index (χ4n) is 1.49. The van der Waals surface area contributed by atoms with Gasteiger partial charge in [0.1, 0.15) is 0 Å². The Kier molecular flexibility index (Phi) is 4.03. The number of rotatable bonds is 2. The Morgan fingerprint density at radius 2 is 2.13 bits per heavy atom. The van der Waals surface area contributed by atoms with Crippen molar-refractivity contribution in [1.29, 1.82) is 0 Å². The van der Waals surface area contributed by atoms with Crippen LogP contribution in [0, 0.1) is 0 Å². The molecule has 1 saturated heterocycles. The van der Waals surface area contributed by atoms with E-state index in [0.717, 1.165) is 17.9 Å². The fourth-order valence-corrected chi connectivity index (χ4v) is 4.50. The van der Waals surface area contributed by atoms with E-state index >= 15 is 0 Å². The van der Waals surface area contributed by atoms with Gasteiger partial charge in [-0.2, -0.15) is 0 Å². The summed E-state index contributed by atoms with van der Waals surface area (Å²) in [6, 6.07) is 10.2. The minimum absolute atomic E-state index is 0.193. The van der Waals surface area contributed by atoms with Gasteiger partial charge >= 0.3 is 0 Å². The average molecular weight is 238 g/mol. The minimum Gasteiger partial charge on any atom is -0.258 e. The maximum atomic E-state index is 11.7. The molecule has 1 heterocycles. The van der Waals surface area contributed by atoms with Gasteiger partial charge in [-0.15, -0.1) is 11.8 Å². The minimum atomic E-state index is -0.675. The van der Waals surface area contributed by atoms with Crippen LogP contribution in [0.4, 0.5) is 0 Å². The second-order valence-electron chi connectivity index (χ2n) is 3.45. The van der Waals surface area contributed by atoms with Gasteiger partial charge < -0.3 is 0 Å². The van der Waals surface area contributed by atoms with E-state index in [1.807, 2.05) is 18.2 Å². The first-order valence-electron chi connectivity index (χ1n) is 5.08. The Morgan fingerprint density at radius 1 is 1.33 bits per heavy atom. The van der Waals surface area contributed by atoms with Gasteiger partial charge in [-0.3, -0.25) is 4.21 Å². The van der Waals surface area contributed by atoms with E-state index in [1.165, 1.54) is 5.56 Å². The highest BCUT2D eigenvalue weighted by molar-refractivity contribution is 8.12. The highest BCUT2D eigenvalue weighted by Gasteiger charge is 2.18. The van der Waals surface area contributed by atoms with Crippen LogP contribution in [0.2, 0.25) is 0 Å². The summed E-state index contributed by atoms with van der Waals surface area (Å²) in [7, 11) is -0.675. The molecule has 0 aromatic heterocycles. The highest BCUT2D eigenvalue weighted by atomic mass is 32.2. The molecule has 15 heavy (non-hydrogen) atoms. The molecule has 1 fully saturated rings. The maximum absolute atomic E-state index is 11.7. The predicted molar refractivity (Wildman–Crippen MR) is 69.3 cm³/mol. The van der Waals surface area contributed by atoms with Gasteiger partial charge in [-0.1, -0.05) is 42.5 Å². The molecule has 1 aromatic carbocycles. The molecule has 0 spiro atoms. The zero-order chi connectivity index (χ0) is 10.5. The monoisotopic (exact) mass is 238 g/mol. The predicted octanol–water partition coefficient (Wildman–Crippen LogP) is 2.91. The number of hydrogen-bond donors (Lipinski definition) is 0. The van der Waals surface area contributed by atoms with Gasteiger partial charge in [-0.25, -0.2) is 0 Å². The highest BCUT2D eigenvalue weighted by Crippen LogP contribution is 2.24. The standard InChI is InChI=1S/C12H14OS2/c13-15-10-4-9-14-12(15)8-7-11-5-2-1-3-6-11/h1-3,5-8,12H,4,9-10H2/b8-7+. The van der Waals surface area contributed by atoms with Gasteiger partial charge in [0.15, 0.2) is 0 Å². The van der Waals surface area contributed by atoms with Crippen molar-refractivity contribution in [1.82, 2.24) is 0 Å². The summed E-state index contributed by atoms with van der Waals surface area (Å²) < 4.78 is 11.8. The van der Waals surface area contributed by atoms with E-state index in [4.69, 9.17) is 0 Å². The SMILES string of the molecule is O=S1CCCSC1/C=C/c1ccccc1. The van der Waals surface area contributed by atoms with Crippen molar-refractivity contribution >= 4 is 28.6 Å². The lowest BCUT2D eigenvalue weighted by Gasteiger charge is -2.17. The van der Waals surface area contributed by atoms with E-state index in [1.54, 1.807) is 11.8 Å². The van der Waals surface area contributed by atoms with Crippen LogP contribution >= 0.6 is 11.8 Å². The Balaban J connectivity index is 2.01. The summed E-state index contributed by atoms with van der Waals surface area (Å²) in [6.45, 7) is 0. The van der Waals surface area contributed by atoms with Crippen molar-refractivity contribution in [3.8, 4) is 0 Å². The lowest BCUT2D eigenvalue weighted by Crippen LogP contribution is -2.17. The molecule has 0 radical (unpaired) electrons. The Labute approximate surface area is 97.4 Å². The van der Waals surface area contributed by atoms with Crippen LogP contribution in [-0.4, -0.2) is 20.3 Å². The van der Waals surface area contributed by atoms with Crippen LogP contribution in [0.3, 0.4) is 0 Å². The third kappa shape index (κ3) is 3.21. The Bertz CT molecular complexity index is 359. The summed E-state index contributed by atoms with van der Waals surface area (Å²) in [5.74, 6) is 1.99. The van der Waals surface area contributed by atoms with Crippen LogP contribution in [0.15, 0.2) is 36.4 Å². The van der Waals surface area contributed by atoms with Gasteiger partial charge in [0.2, 0.25) is 0 Å². The summed E-state index contributed by atoms with van der Waals surface area (Å²) >= 11 is 1.80. The van der Waals surface area contributed by atoms with Crippen molar-refractivity contribution in [2.75, 3.05) is 11.5 Å². The average Bonchev–Trinajstić information content (AvgIpc) is 2.29. The van der Waals surface area contributed by atoms with Crippen LogP contribution in [-0.2, 0) is 10.8 Å². The fraction of sp³-hybridized carbons (Fsp3) is 0.333. The second kappa shape index (κ2) is 5.52. The first kappa shape index (κ1) is 11.0. The smallest absolute Gasteiger partial charge is 0.0984 e. The summed E-state index contributed by atoms with van der Waals surface area (Å²) in [5, 5.41) is 0. The summed E-state index contributed by atoms with van der Waals surface area (Å²) in [6.07, 6.45) is 5.24. The van der Waals surface area contributed by atoms with Crippen LogP contribution in [0.5, 0.6) is 0 Å². The van der Waals surface area contributed by atoms with Gasteiger partial charge in [0.25, 0.3) is 0 Å². The molecule has 0 N–H and O–H groups in total. The maximum Gasteiger partial charge on any atom is 0.0984 e. The molecule has 0 amide bonds. The van der Waals surface area contributed by atoms with Crippen molar-refractivity contribution in [3.63, 3.8) is 0 Å². The van der Waals surface area contributed by atoms with Crippen molar-refractivity contribution in [2.45, 2.75) is 11.0 Å². The van der Waals surface area contributed by atoms with Gasteiger partial charge in [0, 0.05) is 16.6 Å². The van der Waals surface area contributed by atoms with E-state index in [9.17, 15) is 4.21 Å². The molecular weight excluding hydrogens is 224 g/mol. The molecule has 1 aromatic rings. The quantitative estimate of drug-likeness (QED) is 0.788. The van der Waals surface area contributed by atoms with Crippen LogP contribution < -0.4 is 0 Å². The molecule has 0 aliphatic carbocycles. The molecule has 2 atom stereocenters. The van der Waals surface area contributed by atoms with E-state index in [0.29, 0.717) is 0 Å². The third-order valence-electron chi connectivity index (χ3n) is 2.28. The zero-order valence-corrected chi connectivity index (χ0v) is 10.1. The topological polar surface area (TPSA) is 17.1 Å². The first-order chi connectivity index (χ1) is 7.36. The van der Waals surface area contributed by atoms with Crippen molar-refractivity contribution in [2.24, 2.45) is 0 Å². The molecule has 2 unspecified atom stereocenters. The number of benzene rings is 1. The molecule has 3 heteroatoms. The largest absolute Gasteiger partial charge is 0.258 e. The first-order valence-corrected chi connectivity index (χ1v) is 7.51. The Hall–Kier alpha value is -0.540. The lowest BCUT2D eigenvalue weighted by atomic mass is 10.2. The van der Waals surface area contributed by atoms with Gasteiger partial charge in [-0.05, 0) is 17.7 Å². The van der Waals surface area contributed by atoms with Crippen molar-refractivity contribution < 1.29 is 4.21 Å². The Morgan fingerprint density at radius 3 is 2.87 bits per heavy atom. The summed E-state index contributed by atoms with van der Waals surface area (Å²) in [5.41, 5.74) is 1.18. The molecule has 2 rings (SSSR count). The molecule has 1 nitrogen and oxygen atoms in total. The molecule has 80 valence electrons. The molecule has 1 aliphatic heterocycles. The molecule has 0 saturated carbocycles. The zero-order valence-electron chi connectivity index (χ0n) is 8.46. The van der Waals surface area contributed by atoms with E-state index in [2.05, 4.69) is 24.3 Å². The molecular formula is C12H14OS2. The lowest BCUT2D eigenvalue weighted by molar-refractivity contribution is 0.681. The summed E-state index contributed by atoms with van der Waals surface area (Å²) in [4.78, 5) is 0. The normalized spacial score (nSPS) is 26.9. The van der Waals surface area contributed by atoms with Gasteiger partial charge in [0.05, 0.1) is 4.58 Å². The third-order valence-corrected chi connectivity index (χ3v) is 5.71. The number of thioether (sulfide) groups is 1. The number of hydrogen-bond acceptors (Lipinski definition) is 2. The van der Waals surface area contributed by atoms with E-state index < -0.39 is 10.8 Å². The van der Waals surface area contributed by atoms with Crippen LogP contribution in [0.1, 0.15) is 12.0 Å². The van der Waals surface area contributed by atoms with Crippen molar-refractivity contribution in [3.05, 3.63) is 42.0 Å². The molecule has 1 aliphatic rings.